The predicted molar refractivity (Wildman–Crippen MR) is 235 cm³/mol. The topological polar surface area (TPSA) is 172 Å². The summed E-state index contributed by atoms with van der Waals surface area (Å²) >= 11 is 0. The molecule has 0 heterocycles. The average Bonchev–Trinajstić information content (AvgIpc) is 3.20. The van der Waals surface area contributed by atoms with Crippen molar-refractivity contribution in [3.05, 3.63) is 85.1 Å². The van der Waals surface area contributed by atoms with E-state index in [2.05, 4.69) is 85.2 Å². The maximum Gasteiger partial charge on any atom is 0.472 e. The van der Waals surface area contributed by atoms with E-state index < -0.39 is 51.1 Å². The number of carbonyl (C=O) groups is 3. The van der Waals surface area contributed by atoms with E-state index in [9.17, 15) is 23.8 Å². The third kappa shape index (κ3) is 39.5. The Morgan fingerprint density at radius 2 is 1.00 bits per heavy atom. The molecule has 12 heteroatoms. The second kappa shape index (κ2) is 40.4. The van der Waals surface area contributed by atoms with E-state index >= 15 is 0 Å². The summed E-state index contributed by atoms with van der Waals surface area (Å²) in [7, 11) is -4.74. The molecule has 11 nitrogen and oxygen atoms in total. The number of ether oxygens (including phenoxy) is 2. The van der Waals surface area contributed by atoms with Gasteiger partial charge in [0.05, 0.1) is 13.2 Å². The van der Waals surface area contributed by atoms with E-state index in [0.717, 1.165) is 70.6 Å². The van der Waals surface area contributed by atoms with Gasteiger partial charge in [-0.3, -0.25) is 23.4 Å². The van der Waals surface area contributed by atoms with Gasteiger partial charge in [0.2, 0.25) is 0 Å². The summed E-state index contributed by atoms with van der Waals surface area (Å²) in [6.07, 6.45) is 49.5. The highest BCUT2D eigenvalue weighted by atomic mass is 31.2. The molecule has 58 heavy (non-hydrogen) atoms. The molecule has 0 aliphatic heterocycles. The van der Waals surface area contributed by atoms with Crippen LogP contribution in [0.4, 0.5) is 0 Å². The number of rotatable bonds is 39. The fourth-order valence-corrected chi connectivity index (χ4v) is 6.04. The Bertz CT molecular complexity index is 1300. The summed E-state index contributed by atoms with van der Waals surface area (Å²) < 4.78 is 32.6. The average molecular weight is 834 g/mol. The van der Waals surface area contributed by atoms with Crippen molar-refractivity contribution in [2.45, 2.75) is 167 Å². The van der Waals surface area contributed by atoms with Gasteiger partial charge in [-0.05, 0) is 77.0 Å². The standard InChI is InChI=1S/C46H76NO10P/c1-3-5-7-9-11-13-15-17-19-20-21-22-24-26-28-30-32-34-36-38-45(49)57-42(40-55-58(52,53)56-41-43(47)46(50)51)39-54-44(48)37-35-33-31-29-27-25-23-18-16-14-12-10-8-6-4-2/h5,7,11,13,17-19,21-23,26,28,32,34,42-43H,3-4,6,8-10,12,14-16,20,24-25,27,29-31,33,35-41,47H2,1-2H3,(H,50,51)(H,52,53)/t42-,43+/m1/s1. The summed E-state index contributed by atoms with van der Waals surface area (Å²) in [6.45, 7) is 2.58. The fraction of sp³-hybridized carbons (Fsp3) is 0.630. The van der Waals surface area contributed by atoms with Crippen LogP contribution in [-0.2, 0) is 37.5 Å². The number of esters is 2. The smallest absolute Gasteiger partial charge is 0.472 e. The van der Waals surface area contributed by atoms with Crippen LogP contribution in [0.3, 0.4) is 0 Å². The summed E-state index contributed by atoms with van der Waals surface area (Å²) in [4.78, 5) is 45.9. The zero-order valence-electron chi connectivity index (χ0n) is 35.6. The molecule has 0 aromatic heterocycles. The number of hydrogen-bond acceptors (Lipinski definition) is 9. The minimum Gasteiger partial charge on any atom is -0.480 e. The van der Waals surface area contributed by atoms with Crippen LogP contribution in [-0.4, -0.2) is 59.9 Å². The number of allylic oxidation sites excluding steroid dienone is 14. The van der Waals surface area contributed by atoms with Crippen LogP contribution >= 0.6 is 7.82 Å². The fourth-order valence-electron chi connectivity index (χ4n) is 5.26. The van der Waals surface area contributed by atoms with Crippen molar-refractivity contribution < 1.29 is 47.5 Å². The molecule has 4 N–H and O–H groups in total. The number of aliphatic carboxylic acids is 1. The predicted octanol–water partition coefficient (Wildman–Crippen LogP) is 11.5. The molecule has 0 aliphatic carbocycles. The molecule has 0 amide bonds. The molecular weight excluding hydrogens is 757 g/mol. The van der Waals surface area contributed by atoms with Crippen LogP contribution in [0.25, 0.3) is 0 Å². The Morgan fingerprint density at radius 3 is 1.52 bits per heavy atom. The summed E-state index contributed by atoms with van der Waals surface area (Å²) in [6, 6.07) is -1.54. The van der Waals surface area contributed by atoms with Crippen molar-refractivity contribution in [1.82, 2.24) is 0 Å². The normalized spacial score (nSPS) is 14.6. The lowest BCUT2D eigenvalue weighted by atomic mass is 10.1. The second-order valence-electron chi connectivity index (χ2n) is 14.1. The first kappa shape index (κ1) is 54.7. The highest BCUT2D eigenvalue weighted by Gasteiger charge is 2.28. The van der Waals surface area contributed by atoms with Crippen LogP contribution in [0.1, 0.15) is 155 Å². The van der Waals surface area contributed by atoms with Gasteiger partial charge in [0.15, 0.2) is 6.10 Å². The van der Waals surface area contributed by atoms with Crippen LogP contribution < -0.4 is 5.73 Å². The SMILES string of the molecule is CCC=CCC=CCC=CCC=CCC=CCC=CCCC(=O)O[C@H](COC(=O)CCCCCCCC=CCCCCCCCC)COP(=O)(O)OC[C@H](N)C(=O)O. The minimum absolute atomic E-state index is 0.0300. The van der Waals surface area contributed by atoms with Crippen molar-refractivity contribution in [1.29, 1.82) is 0 Å². The second-order valence-corrected chi connectivity index (χ2v) is 15.5. The highest BCUT2D eigenvalue weighted by Crippen LogP contribution is 2.43. The molecule has 0 aromatic carbocycles. The number of unbranched alkanes of at least 4 members (excludes halogenated alkanes) is 11. The maximum atomic E-state index is 12.6. The van der Waals surface area contributed by atoms with Gasteiger partial charge in [-0.15, -0.1) is 0 Å². The van der Waals surface area contributed by atoms with Crippen LogP contribution in [0.2, 0.25) is 0 Å². The van der Waals surface area contributed by atoms with Gasteiger partial charge in [-0.25, -0.2) is 4.57 Å². The van der Waals surface area contributed by atoms with E-state index in [4.69, 9.17) is 24.8 Å². The molecule has 0 aromatic rings. The van der Waals surface area contributed by atoms with Crippen molar-refractivity contribution in [2.75, 3.05) is 19.8 Å². The molecule has 0 saturated carbocycles. The largest absolute Gasteiger partial charge is 0.480 e. The monoisotopic (exact) mass is 834 g/mol. The van der Waals surface area contributed by atoms with Gasteiger partial charge in [0, 0.05) is 12.8 Å². The molecule has 0 fully saturated rings. The molecule has 0 aliphatic rings. The quantitative estimate of drug-likeness (QED) is 0.0233. The third-order valence-corrected chi connectivity index (χ3v) is 9.59. The first-order valence-electron chi connectivity index (χ1n) is 21.6. The number of carboxylic acid groups (broad SMARTS) is 1. The molecule has 0 radical (unpaired) electrons. The zero-order chi connectivity index (χ0) is 42.8. The van der Waals surface area contributed by atoms with E-state index in [1.807, 2.05) is 18.2 Å². The molecule has 0 bridgehead atoms. The van der Waals surface area contributed by atoms with Gasteiger partial charge in [-0.1, -0.05) is 150 Å². The number of hydrogen-bond donors (Lipinski definition) is 3. The van der Waals surface area contributed by atoms with Gasteiger partial charge in [0.1, 0.15) is 12.6 Å². The Kier molecular flexibility index (Phi) is 38.1. The Labute approximate surface area is 350 Å². The van der Waals surface area contributed by atoms with Crippen molar-refractivity contribution >= 4 is 25.7 Å². The van der Waals surface area contributed by atoms with Gasteiger partial charge in [0.25, 0.3) is 0 Å². The van der Waals surface area contributed by atoms with Crippen molar-refractivity contribution in [3.63, 3.8) is 0 Å². The summed E-state index contributed by atoms with van der Waals surface area (Å²) in [5.74, 6) is -2.51. The maximum absolute atomic E-state index is 12.6. The Balaban J connectivity index is 4.53. The van der Waals surface area contributed by atoms with Gasteiger partial charge in [-0.2, -0.15) is 0 Å². The molecule has 330 valence electrons. The molecule has 0 rings (SSSR count). The Hall–Kier alpha value is -3.34. The molecule has 1 unspecified atom stereocenters. The number of phosphoric acid groups is 1. The molecule has 0 spiro atoms. The van der Waals surface area contributed by atoms with Crippen LogP contribution in [0.15, 0.2) is 85.1 Å². The Morgan fingerprint density at radius 1 is 0.552 bits per heavy atom. The zero-order valence-corrected chi connectivity index (χ0v) is 36.5. The molecular formula is C46H76NO10P. The lowest BCUT2D eigenvalue weighted by molar-refractivity contribution is -0.161. The molecule has 0 saturated heterocycles. The summed E-state index contributed by atoms with van der Waals surface area (Å²) in [5, 5.41) is 8.89. The van der Waals surface area contributed by atoms with Crippen LogP contribution in [0.5, 0.6) is 0 Å². The van der Waals surface area contributed by atoms with E-state index in [1.165, 1.54) is 38.5 Å². The highest BCUT2D eigenvalue weighted by molar-refractivity contribution is 7.47. The van der Waals surface area contributed by atoms with Crippen LogP contribution in [0, 0.1) is 0 Å². The van der Waals surface area contributed by atoms with E-state index in [1.54, 1.807) is 0 Å². The van der Waals surface area contributed by atoms with Crippen molar-refractivity contribution in [3.8, 4) is 0 Å². The van der Waals surface area contributed by atoms with E-state index in [0.29, 0.717) is 19.3 Å². The number of nitrogens with two attached hydrogens (primary N) is 1. The number of phosphoric ester groups is 1. The van der Waals surface area contributed by atoms with Crippen molar-refractivity contribution in [2.24, 2.45) is 5.73 Å². The lowest BCUT2D eigenvalue weighted by Crippen LogP contribution is -2.34. The van der Waals surface area contributed by atoms with E-state index in [-0.39, 0.29) is 19.4 Å². The number of carboxylic acids is 1. The minimum atomic E-state index is -4.74. The van der Waals surface area contributed by atoms with Gasteiger partial charge >= 0.3 is 25.7 Å². The molecule has 3 atom stereocenters. The van der Waals surface area contributed by atoms with Gasteiger partial charge < -0.3 is 25.2 Å². The lowest BCUT2D eigenvalue weighted by Gasteiger charge is -2.20. The first-order valence-corrected chi connectivity index (χ1v) is 23.1. The first-order chi connectivity index (χ1) is 28.1. The third-order valence-electron chi connectivity index (χ3n) is 8.64. The number of carbonyl (C=O) groups excluding carboxylic acids is 2. The summed E-state index contributed by atoms with van der Waals surface area (Å²) in [5.41, 5.74) is 5.32.